The van der Waals surface area contributed by atoms with E-state index in [-0.39, 0.29) is 18.2 Å². The molecule has 0 aliphatic carbocycles. The van der Waals surface area contributed by atoms with Gasteiger partial charge in [-0.1, -0.05) is 49.1 Å². The normalized spacial score (nSPS) is 10.5. The summed E-state index contributed by atoms with van der Waals surface area (Å²) in [4.78, 5) is 14.1. The Morgan fingerprint density at radius 2 is 1.75 bits per heavy atom. The zero-order valence-corrected chi connectivity index (χ0v) is 15.3. The number of aryl methyl sites for hydroxylation is 2. The van der Waals surface area contributed by atoms with Crippen molar-refractivity contribution in [1.82, 2.24) is 0 Å². The van der Waals surface area contributed by atoms with Gasteiger partial charge >= 0.3 is 0 Å². The largest absolute Gasteiger partial charge is 1.00 e. The van der Waals surface area contributed by atoms with Crippen LogP contribution in [-0.4, -0.2) is 25.4 Å². The minimum atomic E-state index is 0. The number of halogens is 1. The van der Waals surface area contributed by atoms with Gasteiger partial charge in [-0.2, -0.15) is 0 Å². The molecule has 0 aliphatic rings. The summed E-state index contributed by atoms with van der Waals surface area (Å²) in [6.07, 6.45) is 4.34. The van der Waals surface area contributed by atoms with Gasteiger partial charge in [-0.15, -0.1) is 0 Å². The third-order valence-electron chi connectivity index (χ3n) is 4.23. The molecule has 0 bridgehead atoms. The van der Waals surface area contributed by atoms with Gasteiger partial charge in [0.1, 0.15) is 0 Å². The Hall–Kier alpha value is -1.90. The monoisotopic (exact) mass is 343 g/mol. The number of fused-ring (bicyclic) bond motifs is 1. The molecule has 2 rings (SSSR count). The number of benzene rings is 2. The Labute approximate surface area is 151 Å². The summed E-state index contributed by atoms with van der Waals surface area (Å²) in [5.41, 5.74) is 3.15. The molecule has 0 aliphatic heterocycles. The lowest BCUT2D eigenvalue weighted by Crippen LogP contribution is -3.11. The lowest BCUT2D eigenvalue weighted by molar-refractivity contribution is -0.887. The highest BCUT2D eigenvalue weighted by Gasteiger charge is 2.16. The van der Waals surface area contributed by atoms with Crippen LogP contribution in [0.3, 0.4) is 0 Å². The van der Waals surface area contributed by atoms with E-state index in [1.807, 2.05) is 25.1 Å². The van der Waals surface area contributed by atoms with Crippen LogP contribution in [0.1, 0.15) is 27.9 Å². The molecule has 0 aromatic heterocycles. The van der Waals surface area contributed by atoms with Crippen LogP contribution in [-0.2, 0) is 0 Å². The maximum absolute atomic E-state index is 12.8. The van der Waals surface area contributed by atoms with Crippen molar-refractivity contribution >= 4 is 16.6 Å². The predicted molar refractivity (Wildman–Crippen MR) is 98.3 cm³/mol. The minimum Gasteiger partial charge on any atom is -1.00 e. The molecular formula is C21H26ClNO. The second-order valence-electron chi connectivity index (χ2n) is 6.14. The zero-order valence-electron chi connectivity index (χ0n) is 14.6. The maximum Gasteiger partial charge on any atom is 0.169 e. The number of rotatable bonds is 8. The van der Waals surface area contributed by atoms with Crippen LogP contribution in [0.25, 0.3) is 10.8 Å². The molecule has 0 amide bonds. The molecule has 0 saturated heterocycles. The van der Waals surface area contributed by atoms with E-state index in [0.717, 1.165) is 41.5 Å². The molecule has 1 N–H and O–H groups in total. The van der Waals surface area contributed by atoms with E-state index in [1.54, 1.807) is 0 Å². The standard InChI is InChI=1S/C21H25NO.ClH/c1-5-12-22(13-6-2)14-11-20(23)21-17(4)8-9-18-15-16(3)7-10-19(18)21;/h5-10,15H,1-2,11-14H2,3-4H3;1H. The summed E-state index contributed by atoms with van der Waals surface area (Å²) in [5, 5.41) is 2.20. The first kappa shape index (κ1) is 20.1. The van der Waals surface area contributed by atoms with E-state index < -0.39 is 0 Å². The van der Waals surface area contributed by atoms with E-state index in [9.17, 15) is 4.79 Å². The number of hydrogen-bond acceptors (Lipinski definition) is 1. The van der Waals surface area contributed by atoms with E-state index in [0.29, 0.717) is 6.42 Å². The van der Waals surface area contributed by atoms with Gasteiger partial charge in [0, 0.05) is 5.56 Å². The van der Waals surface area contributed by atoms with Crippen molar-refractivity contribution in [3.05, 3.63) is 72.3 Å². The topological polar surface area (TPSA) is 21.5 Å². The van der Waals surface area contributed by atoms with E-state index in [2.05, 4.69) is 44.3 Å². The van der Waals surface area contributed by atoms with Crippen LogP contribution in [0.15, 0.2) is 55.6 Å². The number of hydrogen-bond donors (Lipinski definition) is 1. The minimum absolute atomic E-state index is 0. The first-order chi connectivity index (χ1) is 11.1. The smallest absolute Gasteiger partial charge is 0.169 e. The van der Waals surface area contributed by atoms with Crippen molar-refractivity contribution in [2.75, 3.05) is 19.6 Å². The van der Waals surface area contributed by atoms with Gasteiger partial charge in [-0.3, -0.25) is 4.79 Å². The van der Waals surface area contributed by atoms with Gasteiger partial charge in [-0.05, 0) is 42.3 Å². The molecular weight excluding hydrogens is 318 g/mol. The van der Waals surface area contributed by atoms with Gasteiger partial charge < -0.3 is 17.3 Å². The fraction of sp³-hybridized carbons (Fsp3) is 0.286. The molecule has 3 heteroatoms. The highest BCUT2D eigenvalue weighted by atomic mass is 35.5. The molecule has 0 fully saturated rings. The molecule has 0 heterocycles. The summed E-state index contributed by atoms with van der Waals surface area (Å²) in [5.74, 6) is 0.225. The lowest BCUT2D eigenvalue weighted by atomic mass is 9.94. The average Bonchev–Trinajstić information content (AvgIpc) is 2.53. The Bertz CT molecular complexity index is 726. The van der Waals surface area contributed by atoms with E-state index in [1.165, 1.54) is 10.5 Å². The number of quaternary nitrogens is 1. The van der Waals surface area contributed by atoms with Crippen LogP contribution >= 0.6 is 0 Å². The molecule has 2 aromatic carbocycles. The fourth-order valence-electron chi connectivity index (χ4n) is 3.04. The Morgan fingerprint density at radius 1 is 1.08 bits per heavy atom. The Balaban J connectivity index is 0.00000288. The van der Waals surface area contributed by atoms with Crippen molar-refractivity contribution < 1.29 is 22.1 Å². The summed E-state index contributed by atoms with van der Waals surface area (Å²) < 4.78 is 0. The van der Waals surface area contributed by atoms with Crippen molar-refractivity contribution in [3.63, 3.8) is 0 Å². The summed E-state index contributed by atoms with van der Waals surface area (Å²) >= 11 is 0. The SMILES string of the molecule is C=CC[NH+](CC=C)CCC(=O)c1c(C)ccc2cc(C)ccc12.[Cl-]. The summed E-state index contributed by atoms with van der Waals surface area (Å²) in [6, 6.07) is 10.4. The van der Waals surface area contributed by atoms with Crippen molar-refractivity contribution in [2.24, 2.45) is 0 Å². The molecule has 2 nitrogen and oxygen atoms in total. The molecule has 24 heavy (non-hydrogen) atoms. The third-order valence-corrected chi connectivity index (χ3v) is 4.23. The highest BCUT2D eigenvalue weighted by molar-refractivity contribution is 6.09. The summed E-state index contributed by atoms with van der Waals surface area (Å²) in [7, 11) is 0. The molecule has 0 saturated carbocycles. The number of nitrogens with one attached hydrogen (secondary N) is 1. The number of carbonyl (C=O) groups excluding carboxylic acids is 1. The highest BCUT2D eigenvalue weighted by Crippen LogP contribution is 2.24. The molecule has 0 unspecified atom stereocenters. The zero-order chi connectivity index (χ0) is 16.8. The fourth-order valence-corrected chi connectivity index (χ4v) is 3.04. The summed E-state index contributed by atoms with van der Waals surface area (Å²) in [6.45, 7) is 14.2. The third kappa shape index (κ3) is 4.80. The number of Topliss-reactive ketones (excluding diaryl/α,β-unsaturated/α-hetero) is 1. The van der Waals surface area contributed by atoms with Crippen LogP contribution in [0, 0.1) is 13.8 Å². The predicted octanol–water partition coefficient (Wildman–Crippen LogP) is 0.290. The number of carbonyl (C=O) groups is 1. The van der Waals surface area contributed by atoms with E-state index in [4.69, 9.17) is 0 Å². The first-order valence-electron chi connectivity index (χ1n) is 8.15. The van der Waals surface area contributed by atoms with Gasteiger partial charge in [0.15, 0.2) is 5.78 Å². The van der Waals surface area contributed by atoms with Gasteiger partial charge in [-0.25, -0.2) is 0 Å². The second kappa shape index (κ2) is 9.41. The van der Waals surface area contributed by atoms with E-state index >= 15 is 0 Å². The van der Waals surface area contributed by atoms with Crippen molar-refractivity contribution in [1.29, 1.82) is 0 Å². The van der Waals surface area contributed by atoms with Crippen LogP contribution < -0.4 is 17.3 Å². The van der Waals surface area contributed by atoms with Crippen LogP contribution in [0.5, 0.6) is 0 Å². The average molecular weight is 344 g/mol. The maximum atomic E-state index is 12.8. The van der Waals surface area contributed by atoms with Gasteiger partial charge in [0.05, 0.1) is 26.1 Å². The van der Waals surface area contributed by atoms with Crippen LogP contribution in [0.4, 0.5) is 0 Å². The van der Waals surface area contributed by atoms with Crippen molar-refractivity contribution in [2.45, 2.75) is 20.3 Å². The molecule has 0 radical (unpaired) electrons. The number of ketones is 1. The second-order valence-corrected chi connectivity index (χ2v) is 6.14. The molecule has 128 valence electrons. The first-order valence-corrected chi connectivity index (χ1v) is 8.15. The lowest BCUT2D eigenvalue weighted by Gasteiger charge is -2.16. The van der Waals surface area contributed by atoms with Crippen LogP contribution in [0.2, 0.25) is 0 Å². The Kier molecular flexibility index (Phi) is 7.90. The van der Waals surface area contributed by atoms with Gasteiger partial charge in [0.25, 0.3) is 0 Å². The van der Waals surface area contributed by atoms with Gasteiger partial charge in [0.2, 0.25) is 0 Å². The van der Waals surface area contributed by atoms with Crippen molar-refractivity contribution in [3.8, 4) is 0 Å². The Morgan fingerprint density at radius 3 is 2.38 bits per heavy atom. The quantitative estimate of drug-likeness (QED) is 0.540. The molecule has 2 aromatic rings. The molecule has 0 spiro atoms. The molecule has 0 atom stereocenters.